The van der Waals surface area contributed by atoms with E-state index in [2.05, 4.69) is 24.5 Å². The topological polar surface area (TPSA) is 84.3 Å². The van der Waals surface area contributed by atoms with E-state index in [1.54, 1.807) is 19.1 Å². The van der Waals surface area contributed by atoms with Gasteiger partial charge in [-0.1, -0.05) is 13.8 Å². The van der Waals surface area contributed by atoms with Gasteiger partial charge in [-0.2, -0.15) is 0 Å². The molecule has 1 aromatic rings. The van der Waals surface area contributed by atoms with Crippen molar-refractivity contribution in [2.45, 2.75) is 33.2 Å². The number of carbonyl (C=O) groups is 1. The Morgan fingerprint density at radius 3 is 2.65 bits per heavy atom. The Balaban J connectivity index is 2.24. The van der Waals surface area contributed by atoms with Gasteiger partial charge in [0.25, 0.3) is 11.6 Å². The van der Waals surface area contributed by atoms with Gasteiger partial charge in [-0.25, -0.2) is 0 Å². The predicted molar refractivity (Wildman–Crippen MR) is 76.9 cm³/mol. The Hall–Kier alpha value is -2.11. The third kappa shape index (κ3) is 2.89. The van der Waals surface area contributed by atoms with Crippen molar-refractivity contribution in [1.29, 1.82) is 0 Å². The van der Waals surface area contributed by atoms with Crippen molar-refractivity contribution in [3.63, 3.8) is 0 Å². The van der Waals surface area contributed by atoms with E-state index in [0.29, 0.717) is 17.8 Å². The minimum Gasteiger partial charge on any atom is -0.376 e. The first kappa shape index (κ1) is 14.3. The second kappa shape index (κ2) is 5.11. The summed E-state index contributed by atoms with van der Waals surface area (Å²) < 4.78 is 0. The number of nitro groups is 1. The van der Waals surface area contributed by atoms with Crippen LogP contribution in [0.4, 0.5) is 11.4 Å². The molecule has 0 heterocycles. The van der Waals surface area contributed by atoms with Gasteiger partial charge in [0.1, 0.15) is 5.69 Å². The van der Waals surface area contributed by atoms with Crippen molar-refractivity contribution in [3.05, 3.63) is 33.9 Å². The smallest absolute Gasteiger partial charge is 0.293 e. The average Bonchev–Trinajstić information content (AvgIpc) is 2.97. The summed E-state index contributed by atoms with van der Waals surface area (Å²) in [5.74, 6) is -0.297. The summed E-state index contributed by atoms with van der Waals surface area (Å²) in [5, 5.41) is 17.0. The summed E-state index contributed by atoms with van der Waals surface area (Å²) in [6.45, 7) is 6.51. The summed E-state index contributed by atoms with van der Waals surface area (Å²) in [4.78, 5) is 22.4. The lowest BCUT2D eigenvalue weighted by Crippen LogP contribution is -2.22. The van der Waals surface area contributed by atoms with Crippen molar-refractivity contribution >= 4 is 17.3 Å². The van der Waals surface area contributed by atoms with Gasteiger partial charge in [0.2, 0.25) is 0 Å². The van der Waals surface area contributed by atoms with E-state index in [0.717, 1.165) is 6.42 Å². The van der Waals surface area contributed by atoms with Crippen LogP contribution in [0.3, 0.4) is 0 Å². The summed E-state index contributed by atoms with van der Waals surface area (Å²) in [6, 6.07) is 4.78. The Morgan fingerprint density at radius 1 is 1.50 bits per heavy atom. The Labute approximate surface area is 117 Å². The number of carbonyl (C=O) groups excluding carboxylic acids is 1. The Bertz CT molecular complexity index is 555. The molecule has 20 heavy (non-hydrogen) atoms. The van der Waals surface area contributed by atoms with Crippen LogP contribution in [0, 0.1) is 15.5 Å². The van der Waals surface area contributed by atoms with Gasteiger partial charge in [0, 0.05) is 24.2 Å². The first-order valence-electron chi connectivity index (χ1n) is 6.68. The zero-order valence-corrected chi connectivity index (χ0v) is 11.9. The number of anilines is 1. The SMILES string of the molecule is CCNC(=O)c1ccc(NC2CC2(C)C)c([N+](=O)[O-])c1. The fourth-order valence-corrected chi connectivity index (χ4v) is 2.11. The van der Waals surface area contributed by atoms with Crippen molar-refractivity contribution in [1.82, 2.24) is 5.32 Å². The summed E-state index contributed by atoms with van der Waals surface area (Å²) in [7, 11) is 0. The van der Waals surface area contributed by atoms with E-state index >= 15 is 0 Å². The second-order valence-corrected chi connectivity index (χ2v) is 5.74. The van der Waals surface area contributed by atoms with Crippen LogP contribution in [0.2, 0.25) is 0 Å². The van der Waals surface area contributed by atoms with Gasteiger partial charge < -0.3 is 10.6 Å². The van der Waals surface area contributed by atoms with Crippen molar-refractivity contribution in [2.24, 2.45) is 5.41 Å². The Kier molecular flexibility index (Phi) is 3.65. The van der Waals surface area contributed by atoms with Crippen LogP contribution in [-0.2, 0) is 0 Å². The molecule has 1 aliphatic carbocycles. The molecule has 0 bridgehead atoms. The highest BCUT2D eigenvalue weighted by Crippen LogP contribution is 2.47. The number of nitrogens with one attached hydrogen (secondary N) is 2. The molecule has 0 spiro atoms. The van der Waals surface area contributed by atoms with Gasteiger partial charge in [-0.05, 0) is 30.9 Å². The van der Waals surface area contributed by atoms with Crippen molar-refractivity contribution in [2.75, 3.05) is 11.9 Å². The predicted octanol–water partition coefficient (Wildman–Crippen LogP) is 2.55. The molecule has 1 saturated carbocycles. The lowest BCUT2D eigenvalue weighted by molar-refractivity contribution is -0.384. The third-order valence-corrected chi connectivity index (χ3v) is 3.64. The maximum atomic E-state index is 11.7. The van der Waals surface area contributed by atoms with Crippen LogP contribution < -0.4 is 10.6 Å². The van der Waals surface area contributed by atoms with Crippen molar-refractivity contribution < 1.29 is 9.72 Å². The van der Waals surface area contributed by atoms with Gasteiger partial charge >= 0.3 is 0 Å². The normalized spacial score (nSPS) is 19.2. The quantitative estimate of drug-likeness (QED) is 0.640. The van der Waals surface area contributed by atoms with E-state index in [9.17, 15) is 14.9 Å². The van der Waals surface area contributed by atoms with Crippen LogP contribution in [0.5, 0.6) is 0 Å². The van der Waals surface area contributed by atoms with Gasteiger partial charge in [0.15, 0.2) is 0 Å². The molecule has 2 N–H and O–H groups in total. The molecular weight excluding hydrogens is 258 g/mol. The molecule has 1 atom stereocenters. The largest absolute Gasteiger partial charge is 0.376 e. The fraction of sp³-hybridized carbons (Fsp3) is 0.500. The average molecular weight is 277 g/mol. The maximum absolute atomic E-state index is 11.7. The van der Waals surface area contributed by atoms with E-state index in [-0.39, 0.29) is 23.1 Å². The number of nitrogens with zero attached hydrogens (tertiary/aromatic N) is 1. The number of hydrogen-bond donors (Lipinski definition) is 2. The zero-order valence-electron chi connectivity index (χ0n) is 11.9. The molecule has 1 fully saturated rings. The molecule has 1 amide bonds. The minimum atomic E-state index is -0.458. The molecule has 6 nitrogen and oxygen atoms in total. The molecule has 0 saturated heterocycles. The molecule has 2 rings (SSSR count). The summed E-state index contributed by atoms with van der Waals surface area (Å²) in [6.07, 6.45) is 0.988. The Morgan fingerprint density at radius 2 is 2.15 bits per heavy atom. The number of rotatable bonds is 5. The number of amides is 1. The first-order valence-corrected chi connectivity index (χ1v) is 6.68. The van der Waals surface area contributed by atoms with E-state index in [1.165, 1.54) is 6.07 Å². The molecule has 1 aromatic carbocycles. The maximum Gasteiger partial charge on any atom is 0.293 e. The van der Waals surface area contributed by atoms with Crippen LogP contribution in [0.25, 0.3) is 0 Å². The van der Waals surface area contributed by atoms with Gasteiger partial charge in [-0.15, -0.1) is 0 Å². The van der Waals surface area contributed by atoms with E-state index < -0.39 is 4.92 Å². The highest BCUT2D eigenvalue weighted by Gasteiger charge is 2.46. The van der Waals surface area contributed by atoms with E-state index in [1.807, 2.05) is 0 Å². The van der Waals surface area contributed by atoms with Gasteiger partial charge in [0.05, 0.1) is 4.92 Å². The van der Waals surface area contributed by atoms with Crippen molar-refractivity contribution in [3.8, 4) is 0 Å². The number of hydrogen-bond acceptors (Lipinski definition) is 4. The van der Waals surface area contributed by atoms with Crippen LogP contribution >= 0.6 is 0 Å². The second-order valence-electron chi connectivity index (χ2n) is 5.74. The molecule has 6 heteroatoms. The van der Waals surface area contributed by atoms with E-state index in [4.69, 9.17) is 0 Å². The number of benzene rings is 1. The molecule has 0 radical (unpaired) electrons. The highest BCUT2D eigenvalue weighted by atomic mass is 16.6. The monoisotopic (exact) mass is 277 g/mol. The lowest BCUT2D eigenvalue weighted by atomic mass is 10.1. The lowest BCUT2D eigenvalue weighted by Gasteiger charge is -2.10. The molecule has 0 aliphatic heterocycles. The fourth-order valence-electron chi connectivity index (χ4n) is 2.11. The molecule has 1 unspecified atom stereocenters. The molecule has 0 aromatic heterocycles. The third-order valence-electron chi connectivity index (χ3n) is 3.64. The first-order chi connectivity index (χ1) is 9.35. The standard InChI is InChI=1S/C14H19N3O3/c1-4-15-13(18)9-5-6-10(11(7-9)17(19)20)16-12-8-14(12,2)3/h5-7,12,16H,4,8H2,1-3H3,(H,15,18). The molecule has 108 valence electrons. The van der Waals surface area contributed by atoms with Crippen LogP contribution in [0.15, 0.2) is 18.2 Å². The van der Waals surface area contributed by atoms with Crippen LogP contribution in [-0.4, -0.2) is 23.4 Å². The summed E-state index contributed by atoms with van der Waals surface area (Å²) in [5.41, 5.74) is 0.890. The molecule has 1 aliphatic rings. The van der Waals surface area contributed by atoms with Gasteiger partial charge in [-0.3, -0.25) is 14.9 Å². The van der Waals surface area contributed by atoms with Crippen LogP contribution in [0.1, 0.15) is 37.6 Å². The number of nitro benzene ring substituents is 1. The summed E-state index contributed by atoms with van der Waals surface area (Å²) >= 11 is 0. The molecular formula is C14H19N3O3. The minimum absolute atomic E-state index is 0.0588. The zero-order chi connectivity index (χ0) is 14.9. The highest BCUT2D eigenvalue weighted by molar-refractivity contribution is 5.95.